The lowest BCUT2D eigenvalue weighted by atomic mass is 10.2. The molecule has 1 amide bonds. The number of imidazole rings is 1. The summed E-state index contributed by atoms with van der Waals surface area (Å²) in [6.45, 7) is 5.71. The van der Waals surface area contributed by atoms with E-state index in [1.54, 1.807) is 6.20 Å². The van der Waals surface area contributed by atoms with Gasteiger partial charge in [-0.3, -0.25) is 4.79 Å². The predicted octanol–water partition coefficient (Wildman–Crippen LogP) is 2.24. The molecule has 4 nitrogen and oxygen atoms in total. The molecule has 16 heavy (non-hydrogen) atoms. The summed E-state index contributed by atoms with van der Waals surface area (Å²) in [7, 11) is 0. The average molecular weight is 217 g/mol. The quantitative estimate of drug-likeness (QED) is 0.838. The summed E-state index contributed by atoms with van der Waals surface area (Å²) >= 11 is 0. The number of hydrogen-bond donors (Lipinski definition) is 1. The number of pyridine rings is 1. The van der Waals surface area contributed by atoms with Crippen LogP contribution in [-0.4, -0.2) is 15.3 Å². The molecule has 0 aliphatic rings. The molecule has 0 spiro atoms. The molecule has 0 atom stereocenters. The van der Waals surface area contributed by atoms with Crippen molar-refractivity contribution in [3.8, 4) is 0 Å². The van der Waals surface area contributed by atoms with E-state index in [-0.39, 0.29) is 11.8 Å². The third-order valence-corrected chi connectivity index (χ3v) is 2.60. The standard InChI is InChI=1S/C12H15N3O/c1-8(2)12(16)14-10-4-5-11-13-6-7-15(11)9(10)3/h4-8H,1-3H3,(H,14,16). The largest absolute Gasteiger partial charge is 0.324 e. The lowest BCUT2D eigenvalue weighted by molar-refractivity contribution is -0.118. The number of amides is 1. The third-order valence-electron chi connectivity index (χ3n) is 2.60. The molecule has 0 unspecified atom stereocenters. The molecule has 4 heteroatoms. The first kappa shape index (κ1) is 10.7. The third kappa shape index (κ3) is 1.78. The molecule has 0 aliphatic heterocycles. The molecule has 84 valence electrons. The Hall–Kier alpha value is -1.84. The SMILES string of the molecule is Cc1c(NC(=O)C(C)C)ccc2nccn12. The van der Waals surface area contributed by atoms with E-state index in [9.17, 15) is 4.79 Å². The highest BCUT2D eigenvalue weighted by atomic mass is 16.1. The zero-order valence-electron chi connectivity index (χ0n) is 9.69. The Morgan fingerprint density at radius 3 is 2.88 bits per heavy atom. The zero-order chi connectivity index (χ0) is 11.7. The van der Waals surface area contributed by atoms with E-state index in [1.165, 1.54) is 0 Å². The van der Waals surface area contributed by atoms with Gasteiger partial charge in [-0.1, -0.05) is 13.8 Å². The molecule has 0 saturated heterocycles. The van der Waals surface area contributed by atoms with Gasteiger partial charge in [0, 0.05) is 24.0 Å². The second kappa shape index (κ2) is 3.96. The van der Waals surface area contributed by atoms with Crippen molar-refractivity contribution in [3.63, 3.8) is 0 Å². The molecule has 0 radical (unpaired) electrons. The minimum atomic E-state index is -0.0158. The van der Waals surface area contributed by atoms with Gasteiger partial charge in [0.05, 0.1) is 5.69 Å². The monoisotopic (exact) mass is 217 g/mol. The normalized spacial score (nSPS) is 11.0. The minimum absolute atomic E-state index is 0.0158. The van der Waals surface area contributed by atoms with Gasteiger partial charge in [-0.15, -0.1) is 0 Å². The van der Waals surface area contributed by atoms with Crippen molar-refractivity contribution in [3.05, 3.63) is 30.2 Å². The first-order chi connectivity index (χ1) is 7.59. The van der Waals surface area contributed by atoms with E-state index in [1.807, 2.05) is 43.5 Å². The molecule has 2 aromatic rings. The predicted molar refractivity (Wildman–Crippen MR) is 63.4 cm³/mol. The Balaban J connectivity index is 2.38. The molecular formula is C12H15N3O. The van der Waals surface area contributed by atoms with Crippen LogP contribution in [0.4, 0.5) is 5.69 Å². The second-order valence-electron chi connectivity index (χ2n) is 4.13. The van der Waals surface area contributed by atoms with E-state index in [4.69, 9.17) is 0 Å². The molecule has 2 heterocycles. The van der Waals surface area contributed by atoms with Crippen molar-refractivity contribution in [1.29, 1.82) is 0 Å². The average Bonchev–Trinajstić information content (AvgIpc) is 2.70. The lowest BCUT2D eigenvalue weighted by Crippen LogP contribution is -2.18. The number of nitrogens with one attached hydrogen (secondary N) is 1. The van der Waals surface area contributed by atoms with Crippen molar-refractivity contribution < 1.29 is 4.79 Å². The second-order valence-corrected chi connectivity index (χ2v) is 4.13. The summed E-state index contributed by atoms with van der Waals surface area (Å²) < 4.78 is 1.95. The maximum Gasteiger partial charge on any atom is 0.226 e. The molecule has 0 aliphatic carbocycles. The van der Waals surface area contributed by atoms with Crippen LogP contribution in [0.5, 0.6) is 0 Å². The lowest BCUT2D eigenvalue weighted by Gasteiger charge is -2.11. The summed E-state index contributed by atoms with van der Waals surface area (Å²) in [6.07, 6.45) is 3.63. The number of nitrogens with zero attached hydrogens (tertiary/aromatic N) is 2. The van der Waals surface area contributed by atoms with E-state index in [0.717, 1.165) is 17.0 Å². The van der Waals surface area contributed by atoms with Crippen molar-refractivity contribution >= 4 is 17.2 Å². The van der Waals surface area contributed by atoms with Gasteiger partial charge < -0.3 is 9.72 Å². The number of fused-ring (bicyclic) bond motifs is 1. The van der Waals surface area contributed by atoms with Crippen molar-refractivity contribution in [2.45, 2.75) is 20.8 Å². The number of carbonyl (C=O) groups is 1. The molecule has 2 aromatic heterocycles. The van der Waals surface area contributed by atoms with Gasteiger partial charge >= 0.3 is 0 Å². The number of anilines is 1. The highest BCUT2D eigenvalue weighted by molar-refractivity contribution is 5.92. The molecular weight excluding hydrogens is 202 g/mol. The van der Waals surface area contributed by atoms with Gasteiger partial charge in [-0.2, -0.15) is 0 Å². The molecule has 0 aromatic carbocycles. The highest BCUT2D eigenvalue weighted by Crippen LogP contribution is 2.17. The molecule has 0 bridgehead atoms. The Kier molecular flexibility index (Phi) is 2.64. The van der Waals surface area contributed by atoms with Gasteiger partial charge in [-0.05, 0) is 19.1 Å². The molecule has 0 saturated carbocycles. The van der Waals surface area contributed by atoms with Crippen molar-refractivity contribution in [2.24, 2.45) is 5.92 Å². The summed E-state index contributed by atoms with van der Waals surface area (Å²) in [5, 5.41) is 2.90. The van der Waals surface area contributed by atoms with Crippen LogP contribution in [0.3, 0.4) is 0 Å². The minimum Gasteiger partial charge on any atom is -0.324 e. The van der Waals surface area contributed by atoms with Crippen molar-refractivity contribution in [1.82, 2.24) is 9.38 Å². The highest BCUT2D eigenvalue weighted by Gasteiger charge is 2.10. The molecule has 1 N–H and O–H groups in total. The Morgan fingerprint density at radius 2 is 2.19 bits per heavy atom. The number of carbonyl (C=O) groups excluding carboxylic acids is 1. The molecule has 2 rings (SSSR count). The zero-order valence-corrected chi connectivity index (χ0v) is 9.69. The van der Waals surface area contributed by atoms with Gasteiger partial charge in [0.15, 0.2) is 0 Å². The Labute approximate surface area is 94.3 Å². The van der Waals surface area contributed by atoms with Gasteiger partial charge in [-0.25, -0.2) is 4.98 Å². The van der Waals surface area contributed by atoms with E-state index in [0.29, 0.717) is 0 Å². The van der Waals surface area contributed by atoms with E-state index < -0.39 is 0 Å². The summed E-state index contributed by atoms with van der Waals surface area (Å²) in [5.41, 5.74) is 2.72. The van der Waals surface area contributed by atoms with Gasteiger partial charge in [0.1, 0.15) is 5.65 Å². The Bertz CT molecular complexity index is 528. The molecule has 0 fully saturated rings. The number of hydrogen-bond acceptors (Lipinski definition) is 2. The first-order valence-electron chi connectivity index (χ1n) is 5.33. The summed E-state index contributed by atoms with van der Waals surface area (Å²) in [5.74, 6) is 0.0143. The smallest absolute Gasteiger partial charge is 0.226 e. The Morgan fingerprint density at radius 1 is 1.44 bits per heavy atom. The maximum absolute atomic E-state index is 11.6. The van der Waals surface area contributed by atoms with Gasteiger partial charge in [0.2, 0.25) is 5.91 Å². The topological polar surface area (TPSA) is 46.4 Å². The van der Waals surface area contributed by atoms with E-state index in [2.05, 4.69) is 10.3 Å². The maximum atomic E-state index is 11.6. The first-order valence-corrected chi connectivity index (χ1v) is 5.33. The van der Waals surface area contributed by atoms with Crippen LogP contribution in [0.1, 0.15) is 19.5 Å². The van der Waals surface area contributed by atoms with Crippen LogP contribution in [0.25, 0.3) is 5.65 Å². The van der Waals surface area contributed by atoms with Crippen LogP contribution in [0, 0.1) is 12.8 Å². The number of rotatable bonds is 2. The fourth-order valence-electron chi connectivity index (χ4n) is 1.54. The fraction of sp³-hybridized carbons (Fsp3) is 0.333. The van der Waals surface area contributed by atoms with Crippen LogP contribution < -0.4 is 5.32 Å². The summed E-state index contributed by atoms with van der Waals surface area (Å²) in [6, 6.07) is 3.78. The van der Waals surface area contributed by atoms with Crippen molar-refractivity contribution in [2.75, 3.05) is 5.32 Å². The van der Waals surface area contributed by atoms with E-state index >= 15 is 0 Å². The van der Waals surface area contributed by atoms with Gasteiger partial charge in [0.25, 0.3) is 0 Å². The van der Waals surface area contributed by atoms with Crippen LogP contribution in [0.2, 0.25) is 0 Å². The van der Waals surface area contributed by atoms with Crippen LogP contribution in [0.15, 0.2) is 24.5 Å². The fourth-order valence-corrected chi connectivity index (χ4v) is 1.54. The number of aryl methyl sites for hydroxylation is 1. The summed E-state index contributed by atoms with van der Waals surface area (Å²) in [4.78, 5) is 15.8. The number of aromatic nitrogens is 2. The van der Waals surface area contributed by atoms with Crippen LogP contribution >= 0.6 is 0 Å². The van der Waals surface area contributed by atoms with Crippen LogP contribution in [-0.2, 0) is 4.79 Å².